The van der Waals surface area contributed by atoms with Crippen molar-refractivity contribution in [3.8, 4) is 0 Å². The van der Waals surface area contributed by atoms with Crippen molar-refractivity contribution >= 4 is 5.97 Å². The largest absolute Gasteiger partial charge is 0.481 e. The highest BCUT2D eigenvalue weighted by Gasteiger charge is 2.63. The van der Waals surface area contributed by atoms with Crippen LogP contribution in [0, 0.1) is 50.7 Å². The lowest BCUT2D eigenvalue weighted by Gasteiger charge is -2.67. The van der Waals surface area contributed by atoms with Crippen LogP contribution in [0.1, 0.15) is 127 Å². The highest BCUT2D eigenvalue weighted by Crippen LogP contribution is 2.69. The Hall–Kier alpha value is -0.830. The van der Waals surface area contributed by atoms with Gasteiger partial charge in [-0.3, -0.25) is 4.79 Å². The van der Waals surface area contributed by atoms with Crippen molar-refractivity contribution in [1.29, 1.82) is 0 Å². The molecule has 3 fully saturated rings. The normalized spacial score (nSPS) is 43.5. The average Bonchev–Trinajstić information content (AvgIpc) is 3.10. The number of carboxylic acid groups (broad SMARTS) is 1. The van der Waals surface area contributed by atoms with E-state index in [9.17, 15) is 9.90 Å². The molecular formula is C32H57NO2. The fraction of sp³-hybridized carbons (Fsp3) is 0.906. The molecule has 35 heavy (non-hydrogen) atoms. The number of hydrogen-bond donors (Lipinski definition) is 2. The maximum absolute atomic E-state index is 12.7. The Morgan fingerprint density at radius 3 is 2.23 bits per heavy atom. The monoisotopic (exact) mass is 487 g/mol. The average molecular weight is 488 g/mol. The number of aliphatic carboxylic acids is 1. The fourth-order valence-corrected chi connectivity index (χ4v) is 9.86. The number of allylic oxidation sites excluding steroid dienone is 1. The zero-order valence-corrected chi connectivity index (χ0v) is 24.6. The first kappa shape index (κ1) is 28.7. The molecule has 3 aliphatic rings. The third-order valence-corrected chi connectivity index (χ3v) is 12.9. The van der Waals surface area contributed by atoms with Crippen LogP contribution in [0.5, 0.6) is 0 Å². The van der Waals surface area contributed by atoms with Crippen LogP contribution in [-0.2, 0) is 4.79 Å². The van der Waals surface area contributed by atoms with Gasteiger partial charge in [0.15, 0.2) is 0 Å². The molecule has 202 valence electrons. The molecule has 0 bridgehead atoms. The van der Waals surface area contributed by atoms with Crippen LogP contribution in [-0.4, -0.2) is 17.1 Å². The predicted molar refractivity (Wildman–Crippen MR) is 148 cm³/mol. The Morgan fingerprint density at radius 1 is 1.09 bits per heavy atom. The molecule has 3 nitrogen and oxygen atoms in total. The van der Waals surface area contributed by atoms with Crippen LogP contribution in [0.25, 0.3) is 0 Å². The zero-order chi connectivity index (χ0) is 26.6. The Morgan fingerprint density at radius 2 is 1.71 bits per heavy atom. The first-order chi connectivity index (χ1) is 16.0. The number of fused-ring (bicyclic) bond motifs is 1. The van der Waals surface area contributed by atoms with E-state index in [0.717, 1.165) is 37.7 Å². The molecule has 0 aromatic heterocycles. The summed E-state index contributed by atoms with van der Waals surface area (Å²) in [6.45, 7) is 25.7. The van der Waals surface area contributed by atoms with Gasteiger partial charge in [-0.15, -0.1) is 0 Å². The lowest BCUT2D eigenvalue weighted by molar-refractivity contribution is -0.177. The van der Waals surface area contributed by atoms with E-state index in [4.69, 9.17) is 5.73 Å². The smallest absolute Gasteiger partial charge is 0.309 e. The summed E-state index contributed by atoms with van der Waals surface area (Å²) >= 11 is 0. The van der Waals surface area contributed by atoms with Gasteiger partial charge < -0.3 is 10.8 Å². The standard InChI is InChI=1S/C32H57NO2/c1-11-12-25-30(9)16-15-26(33)29(7,8)24(30)14-17-31(25,10)28(5,6)19-20-32(27(34)35)18-13-23(21(2)3)22(32)4/h22-26H,2,11-20,33H2,1,3-10H3,(H,34,35)/t22?,23-,24?,25?,26-,30-,31+,32-/m0/s1. The maximum Gasteiger partial charge on any atom is 0.309 e. The minimum absolute atomic E-state index is 0.0774. The fourth-order valence-electron chi connectivity index (χ4n) is 9.86. The molecule has 8 atom stereocenters. The van der Waals surface area contributed by atoms with Crippen LogP contribution >= 0.6 is 0 Å². The molecule has 3 heteroatoms. The van der Waals surface area contributed by atoms with Gasteiger partial charge in [-0.25, -0.2) is 0 Å². The number of carboxylic acids is 1. The minimum atomic E-state index is -0.613. The number of nitrogens with two attached hydrogens (primary N) is 1. The minimum Gasteiger partial charge on any atom is -0.481 e. The molecule has 0 amide bonds. The Balaban J connectivity index is 1.92. The van der Waals surface area contributed by atoms with Crippen molar-refractivity contribution < 1.29 is 9.90 Å². The van der Waals surface area contributed by atoms with E-state index < -0.39 is 11.4 Å². The number of hydrogen-bond acceptors (Lipinski definition) is 2. The molecule has 3 unspecified atom stereocenters. The van der Waals surface area contributed by atoms with Crippen molar-refractivity contribution in [2.24, 2.45) is 56.5 Å². The summed E-state index contributed by atoms with van der Waals surface area (Å²) < 4.78 is 0. The van der Waals surface area contributed by atoms with Gasteiger partial charge >= 0.3 is 5.97 Å². The Labute approximate surface area is 217 Å². The summed E-state index contributed by atoms with van der Waals surface area (Å²) in [5.74, 6) is 1.21. The van der Waals surface area contributed by atoms with E-state index in [1.807, 2.05) is 0 Å². The second kappa shape index (κ2) is 9.48. The molecule has 0 heterocycles. The van der Waals surface area contributed by atoms with Crippen LogP contribution in [0.3, 0.4) is 0 Å². The highest BCUT2D eigenvalue weighted by atomic mass is 16.4. The van der Waals surface area contributed by atoms with Crippen molar-refractivity contribution in [2.45, 2.75) is 133 Å². The van der Waals surface area contributed by atoms with E-state index in [-0.39, 0.29) is 22.2 Å². The molecular weight excluding hydrogens is 430 g/mol. The molecule has 3 saturated carbocycles. The van der Waals surface area contributed by atoms with E-state index >= 15 is 0 Å². The third-order valence-electron chi connectivity index (χ3n) is 12.9. The van der Waals surface area contributed by atoms with Gasteiger partial charge in [0, 0.05) is 6.04 Å². The van der Waals surface area contributed by atoms with Crippen molar-refractivity contribution in [1.82, 2.24) is 0 Å². The molecule has 0 radical (unpaired) electrons. The first-order valence-electron chi connectivity index (χ1n) is 14.7. The van der Waals surface area contributed by atoms with Crippen LogP contribution in [0.2, 0.25) is 0 Å². The third kappa shape index (κ3) is 4.34. The zero-order valence-electron chi connectivity index (χ0n) is 24.6. The van der Waals surface area contributed by atoms with Crippen molar-refractivity contribution in [3.63, 3.8) is 0 Å². The maximum atomic E-state index is 12.7. The molecule has 0 spiro atoms. The quantitative estimate of drug-likeness (QED) is 0.337. The van der Waals surface area contributed by atoms with Crippen molar-refractivity contribution in [2.75, 3.05) is 0 Å². The molecule has 0 aromatic rings. The molecule has 3 rings (SSSR count). The van der Waals surface area contributed by atoms with Gasteiger partial charge in [0.2, 0.25) is 0 Å². The van der Waals surface area contributed by atoms with Crippen LogP contribution in [0.15, 0.2) is 12.2 Å². The van der Waals surface area contributed by atoms with Gasteiger partial charge in [-0.05, 0) is 110 Å². The molecule has 3 aliphatic carbocycles. The van der Waals surface area contributed by atoms with Gasteiger partial charge in [0.25, 0.3) is 0 Å². The lowest BCUT2D eigenvalue weighted by Crippen LogP contribution is -2.62. The molecule has 3 N–H and O–H groups in total. The topological polar surface area (TPSA) is 63.3 Å². The van der Waals surface area contributed by atoms with Gasteiger partial charge in [0.1, 0.15) is 0 Å². The molecule has 0 aliphatic heterocycles. The van der Waals surface area contributed by atoms with E-state index in [2.05, 4.69) is 68.9 Å². The molecule has 0 saturated heterocycles. The lowest BCUT2D eigenvalue weighted by atomic mass is 9.38. The number of carbonyl (C=O) groups is 1. The first-order valence-corrected chi connectivity index (χ1v) is 14.7. The van der Waals surface area contributed by atoms with Gasteiger partial charge in [0.05, 0.1) is 5.41 Å². The van der Waals surface area contributed by atoms with Gasteiger partial charge in [-0.2, -0.15) is 0 Å². The SMILES string of the molecule is C=C(C)[C@@H]1CC[C@@](CCC(C)(C)[C@]2(C)CCC3C(C)(C)[C@@H](N)CC[C@]3(C)C2CCC)(C(=O)O)C1C. The van der Waals surface area contributed by atoms with E-state index in [1.165, 1.54) is 32.1 Å². The van der Waals surface area contributed by atoms with E-state index in [1.54, 1.807) is 0 Å². The Bertz CT molecular complexity index is 814. The summed E-state index contributed by atoms with van der Waals surface area (Å²) in [5.41, 5.74) is 7.98. The second-order valence-electron chi connectivity index (χ2n) is 14.9. The summed E-state index contributed by atoms with van der Waals surface area (Å²) in [5, 5.41) is 10.5. The summed E-state index contributed by atoms with van der Waals surface area (Å²) in [7, 11) is 0. The van der Waals surface area contributed by atoms with Crippen LogP contribution in [0.4, 0.5) is 0 Å². The van der Waals surface area contributed by atoms with Gasteiger partial charge in [-0.1, -0.05) is 74.0 Å². The van der Waals surface area contributed by atoms with Crippen LogP contribution < -0.4 is 5.73 Å². The number of rotatable bonds is 8. The van der Waals surface area contributed by atoms with E-state index in [0.29, 0.717) is 29.2 Å². The second-order valence-corrected chi connectivity index (χ2v) is 14.9. The summed E-state index contributed by atoms with van der Waals surface area (Å²) in [6, 6.07) is 0.292. The molecule has 0 aromatic carbocycles. The summed E-state index contributed by atoms with van der Waals surface area (Å²) in [6.07, 6.45) is 10.8. The highest BCUT2D eigenvalue weighted by molar-refractivity contribution is 5.75. The summed E-state index contributed by atoms with van der Waals surface area (Å²) in [4.78, 5) is 12.7. The Kier molecular flexibility index (Phi) is 7.78. The predicted octanol–water partition coefficient (Wildman–Crippen LogP) is 8.47. The van der Waals surface area contributed by atoms with Crippen molar-refractivity contribution in [3.05, 3.63) is 12.2 Å².